The summed E-state index contributed by atoms with van der Waals surface area (Å²) in [4.78, 5) is 35.0. The van der Waals surface area contributed by atoms with E-state index in [4.69, 9.17) is 9.15 Å². The second kappa shape index (κ2) is 8.92. The van der Waals surface area contributed by atoms with Crippen molar-refractivity contribution < 1.29 is 27.5 Å². The van der Waals surface area contributed by atoms with Crippen LogP contribution in [0.3, 0.4) is 0 Å². The Morgan fingerprint density at radius 1 is 1.24 bits per heavy atom. The molecule has 0 saturated heterocycles. The first-order valence-electron chi connectivity index (χ1n) is 7.84. The van der Waals surface area contributed by atoms with Crippen LogP contribution in [0.15, 0.2) is 44.1 Å². The number of esters is 1. The largest absolute Gasteiger partial charge is 0.464 e. The number of nitrogens with one attached hydrogen (secondary N) is 1. The molecule has 0 radical (unpaired) electrons. The van der Waals surface area contributed by atoms with Crippen molar-refractivity contribution in [2.45, 2.75) is 17.0 Å². The summed E-state index contributed by atoms with van der Waals surface area (Å²) in [5.41, 5.74) is -0.881. The van der Waals surface area contributed by atoms with Gasteiger partial charge in [-0.15, -0.1) is 10.2 Å². The third kappa shape index (κ3) is 5.45. The molecule has 12 heteroatoms. The van der Waals surface area contributed by atoms with Gasteiger partial charge in [-0.2, -0.15) is 0 Å². The summed E-state index contributed by atoms with van der Waals surface area (Å²) in [6, 6.07) is 3.61. The quantitative estimate of drug-likeness (QED) is 0.354. The second-order valence-corrected chi connectivity index (χ2v) is 7.64. The normalized spacial score (nSPS) is 10.6. The van der Waals surface area contributed by atoms with Crippen molar-refractivity contribution in [1.82, 2.24) is 10.2 Å². The van der Waals surface area contributed by atoms with Gasteiger partial charge in [0, 0.05) is 13.0 Å². The standard InChI is InChI=1S/C17H11F2N3O5S2/c1-8(23)20-16-21-22-17(29-16)28-7-10-5-13(24)14(6-26-10)27-15(25)9-2-3-11(18)12(19)4-9/h2-6H,7H2,1H3,(H,20,21,23). The van der Waals surface area contributed by atoms with E-state index in [9.17, 15) is 23.2 Å². The average molecular weight is 439 g/mol. The van der Waals surface area contributed by atoms with Crippen molar-refractivity contribution in [1.29, 1.82) is 0 Å². The van der Waals surface area contributed by atoms with E-state index in [0.717, 1.165) is 35.8 Å². The number of nitrogens with zero attached hydrogens (tertiary/aromatic N) is 2. The van der Waals surface area contributed by atoms with Crippen molar-refractivity contribution in [3.63, 3.8) is 0 Å². The Kier molecular flexibility index (Phi) is 6.34. The number of hydrogen-bond donors (Lipinski definition) is 1. The lowest BCUT2D eigenvalue weighted by molar-refractivity contribution is -0.114. The summed E-state index contributed by atoms with van der Waals surface area (Å²) in [7, 11) is 0. The Balaban J connectivity index is 1.63. The summed E-state index contributed by atoms with van der Waals surface area (Å²) in [6.45, 7) is 1.35. The summed E-state index contributed by atoms with van der Waals surface area (Å²) >= 11 is 2.38. The molecule has 0 aliphatic carbocycles. The maximum atomic E-state index is 13.2. The zero-order chi connectivity index (χ0) is 21.0. The first-order chi connectivity index (χ1) is 13.8. The van der Waals surface area contributed by atoms with Crippen molar-refractivity contribution in [3.05, 3.63) is 63.7 Å². The van der Waals surface area contributed by atoms with E-state index in [1.54, 1.807) is 0 Å². The summed E-state index contributed by atoms with van der Waals surface area (Å²) in [5, 5.41) is 10.5. The Hall–Kier alpha value is -3.12. The van der Waals surface area contributed by atoms with Crippen LogP contribution in [-0.2, 0) is 10.5 Å². The number of ether oxygens (including phenoxy) is 1. The van der Waals surface area contributed by atoms with Crippen LogP contribution < -0.4 is 15.5 Å². The Morgan fingerprint density at radius 2 is 2.03 bits per heavy atom. The fourth-order valence-electron chi connectivity index (χ4n) is 1.97. The Morgan fingerprint density at radius 3 is 2.72 bits per heavy atom. The topological polar surface area (TPSA) is 111 Å². The van der Waals surface area contributed by atoms with Crippen LogP contribution in [0.5, 0.6) is 5.75 Å². The Bertz CT molecular complexity index is 1130. The van der Waals surface area contributed by atoms with Gasteiger partial charge in [0.25, 0.3) is 0 Å². The smallest absolute Gasteiger partial charge is 0.343 e. The molecular formula is C17H11F2N3O5S2. The van der Waals surface area contributed by atoms with Crippen LogP contribution in [0.2, 0.25) is 0 Å². The summed E-state index contributed by atoms with van der Waals surface area (Å²) < 4.78 is 36.8. The number of anilines is 1. The molecular weight excluding hydrogens is 428 g/mol. The van der Waals surface area contributed by atoms with Crippen molar-refractivity contribution in [3.8, 4) is 5.75 Å². The number of thioether (sulfide) groups is 1. The third-order valence-corrected chi connectivity index (χ3v) is 5.23. The molecule has 1 amide bonds. The number of benzene rings is 1. The third-order valence-electron chi connectivity index (χ3n) is 3.24. The van der Waals surface area contributed by atoms with Gasteiger partial charge in [-0.1, -0.05) is 23.1 Å². The minimum atomic E-state index is -1.21. The van der Waals surface area contributed by atoms with Gasteiger partial charge in [-0.25, -0.2) is 13.6 Å². The van der Waals surface area contributed by atoms with Crippen LogP contribution in [0, 0.1) is 11.6 Å². The van der Waals surface area contributed by atoms with Gasteiger partial charge in [-0.3, -0.25) is 9.59 Å². The molecule has 150 valence electrons. The molecule has 2 heterocycles. The van der Waals surface area contributed by atoms with E-state index >= 15 is 0 Å². The highest BCUT2D eigenvalue weighted by atomic mass is 32.2. The number of rotatable bonds is 6. The average Bonchev–Trinajstić information content (AvgIpc) is 3.10. The van der Waals surface area contributed by atoms with Gasteiger partial charge in [0.05, 0.1) is 11.3 Å². The molecule has 1 N–H and O–H groups in total. The first kappa shape index (κ1) is 20.6. The molecule has 0 fully saturated rings. The molecule has 3 rings (SSSR count). The summed E-state index contributed by atoms with van der Waals surface area (Å²) in [6.07, 6.45) is 0.957. The lowest BCUT2D eigenvalue weighted by Crippen LogP contribution is -2.15. The van der Waals surface area contributed by atoms with Crippen LogP contribution in [0.25, 0.3) is 0 Å². The second-order valence-electron chi connectivity index (χ2n) is 5.44. The number of halogens is 2. The van der Waals surface area contributed by atoms with Gasteiger partial charge in [-0.05, 0) is 18.2 Å². The minimum absolute atomic E-state index is 0.237. The molecule has 0 atom stereocenters. The van der Waals surface area contributed by atoms with E-state index in [0.29, 0.717) is 15.5 Å². The van der Waals surface area contributed by atoms with E-state index in [-0.39, 0.29) is 23.0 Å². The number of aromatic nitrogens is 2. The molecule has 0 unspecified atom stereocenters. The van der Waals surface area contributed by atoms with E-state index < -0.39 is 28.8 Å². The molecule has 0 aliphatic rings. The fourth-order valence-corrected chi connectivity index (χ4v) is 3.66. The van der Waals surface area contributed by atoms with E-state index in [2.05, 4.69) is 15.5 Å². The van der Waals surface area contributed by atoms with E-state index in [1.165, 1.54) is 18.7 Å². The maximum Gasteiger partial charge on any atom is 0.343 e. The molecule has 1 aromatic carbocycles. The molecule has 2 aromatic heterocycles. The van der Waals surface area contributed by atoms with Gasteiger partial charge in [0.15, 0.2) is 16.0 Å². The van der Waals surface area contributed by atoms with Gasteiger partial charge < -0.3 is 14.5 Å². The number of carbonyl (C=O) groups is 2. The Labute approximate surface area is 169 Å². The lowest BCUT2D eigenvalue weighted by atomic mass is 10.2. The molecule has 0 aliphatic heterocycles. The fraction of sp³-hybridized carbons (Fsp3) is 0.118. The van der Waals surface area contributed by atoms with Crippen LogP contribution >= 0.6 is 23.1 Å². The highest BCUT2D eigenvalue weighted by molar-refractivity contribution is 8.00. The van der Waals surface area contributed by atoms with Gasteiger partial charge in [0.2, 0.25) is 22.2 Å². The molecule has 29 heavy (non-hydrogen) atoms. The first-order valence-corrected chi connectivity index (χ1v) is 9.65. The molecule has 0 bridgehead atoms. The zero-order valence-corrected chi connectivity index (χ0v) is 16.2. The lowest BCUT2D eigenvalue weighted by Gasteiger charge is -2.04. The van der Waals surface area contributed by atoms with Gasteiger partial charge in [0.1, 0.15) is 12.0 Å². The minimum Gasteiger partial charge on any atom is -0.464 e. The van der Waals surface area contributed by atoms with E-state index in [1.807, 2.05) is 0 Å². The molecule has 3 aromatic rings. The zero-order valence-electron chi connectivity index (χ0n) is 14.6. The molecule has 0 spiro atoms. The molecule has 0 saturated carbocycles. The predicted octanol–water partition coefficient (Wildman–Crippen LogP) is 3.24. The predicted molar refractivity (Wildman–Crippen MR) is 100 cm³/mol. The van der Waals surface area contributed by atoms with Crippen molar-refractivity contribution in [2.24, 2.45) is 0 Å². The van der Waals surface area contributed by atoms with Crippen LogP contribution in [0.4, 0.5) is 13.9 Å². The van der Waals surface area contributed by atoms with Gasteiger partial charge >= 0.3 is 5.97 Å². The van der Waals surface area contributed by atoms with Crippen LogP contribution in [0.1, 0.15) is 23.0 Å². The highest BCUT2D eigenvalue weighted by Crippen LogP contribution is 2.28. The SMILES string of the molecule is CC(=O)Nc1nnc(SCc2cc(=O)c(OC(=O)c3ccc(F)c(F)c3)co2)s1. The maximum absolute atomic E-state index is 13.2. The number of carbonyl (C=O) groups excluding carboxylic acids is 2. The van der Waals surface area contributed by atoms with Crippen molar-refractivity contribution >= 4 is 40.1 Å². The highest BCUT2D eigenvalue weighted by Gasteiger charge is 2.15. The summed E-state index contributed by atoms with van der Waals surface area (Å²) in [5.74, 6) is -3.49. The van der Waals surface area contributed by atoms with Crippen LogP contribution in [-0.4, -0.2) is 22.1 Å². The number of amides is 1. The number of hydrogen-bond acceptors (Lipinski definition) is 9. The molecule has 8 nitrogen and oxygen atoms in total. The monoisotopic (exact) mass is 439 g/mol. The van der Waals surface area contributed by atoms with Crippen molar-refractivity contribution in [2.75, 3.05) is 5.32 Å².